The Bertz CT molecular complexity index is 1080. The molecule has 0 N–H and O–H groups in total. The molecular formula is C20H19N3O4S. The number of carbonyl (C=O) groups excluding carboxylic acids is 1. The van der Waals surface area contributed by atoms with Crippen molar-refractivity contribution in [3.8, 4) is 6.07 Å². The second-order valence-electron chi connectivity index (χ2n) is 6.95. The molecule has 0 radical (unpaired) electrons. The molecule has 1 fully saturated rings. The Hall–Kier alpha value is -3.05. The van der Waals surface area contributed by atoms with Crippen LogP contribution in [0.3, 0.4) is 0 Å². The number of hydrogen-bond donors (Lipinski definition) is 0. The number of methoxy groups -OCH3 is 1. The predicted molar refractivity (Wildman–Crippen MR) is 102 cm³/mol. The molecule has 0 aliphatic carbocycles. The topological polar surface area (TPSA) is 90.7 Å². The average molecular weight is 397 g/mol. The second-order valence-corrected chi connectivity index (χ2v) is 8.77. The molecule has 3 atom stereocenters. The van der Waals surface area contributed by atoms with Gasteiger partial charge in [0.05, 0.1) is 23.8 Å². The molecular weight excluding hydrogens is 378 g/mol. The Morgan fingerprint density at radius 3 is 2.50 bits per heavy atom. The zero-order valence-electron chi connectivity index (χ0n) is 15.4. The van der Waals surface area contributed by atoms with Gasteiger partial charge in [-0.05, 0) is 37.1 Å². The van der Waals surface area contributed by atoms with E-state index >= 15 is 0 Å². The van der Waals surface area contributed by atoms with Crippen LogP contribution in [0.5, 0.6) is 0 Å². The van der Waals surface area contributed by atoms with Crippen LogP contribution in [-0.4, -0.2) is 38.7 Å². The maximum atomic E-state index is 13.6. The van der Waals surface area contributed by atoms with E-state index in [2.05, 4.69) is 6.07 Å². The highest BCUT2D eigenvalue weighted by Crippen LogP contribution is 2.51. The van der Waals surface area contributed by atoms with Gasteiger partial charge >= 0.3 is 6.09 Å². The first kappa shape index (κ1) is 18.3. The number of para-hydroxylation sites is 1. The van der Waals surface area contributed by atoms with Crippen LogP contribution >= 0.6 is 0 Å². The third kappa shape index (κ3) is 2.54. The van der Waals surface area contributed by atoms with Gasteiger partial charge in [0.1, 0.15) is 12.2 Å². The minimum absolute atomic E-state index is 0.138. The van der Waals surface area contributed by atoms with Gasteiger partial charge in [0.15, 0.2) is 0 Å². The van der Waals surface area contributed by atoms with E-state index < -0.39 is 28.3 Å². The molecule has 144 valence electrons. The molecule has 2 aromatic carbocycles. The number of nitrogens with zero attached hydrogens (tertiary/aromatic N) is 3. The number of rotatable bonds is 2. The molecule has 8 heteroatoms. The molecule has 0 bridgehead atoms. The molecule has 7 nitrogen and oxygen atoms in total. The fourth-order valence-corrected chi connectivity index (χ4v) is 5.78. The maximum Gasteiger partial charge on any atom is 0.412 e. The molecule has 2 aromatic rings. The van der Waals surface area contributed by atoms with Crippen molar-refractivity contribution in [1.29, 1.82) is 5.26 Å². The van der Waals surface area contributed by atoms with Crippen molar-refractivity contribution in [1.82, 2.24) is 4.90 Å². The highest BCUT2D eigenvalue weighted by Gasteiger charge is 2.56. The lowest BCUT2D eigenvalue weighted by molar-refractivity contribution is 0.112. The number of ether oxygens (including phenoxy) is 1. The first-order chi connectivity index (χ1) is 13.4. The summed E-state index contributed by atoms with van der Waals surface area (Å²) in [6.07, 6.45) is -1.19. The summed E-state index contributed by atoms with van der Waals surface area (Å²) in [5, 5.41) is 9.55. The first-order valence-electron chi connectivity index (χ1n) is 8.86. The highest BCUT2D eigenvalue weighted by atomic mass is 32.2. The number of aryl methyl sites for hydroxylation is 1. The van der Waals surface area contributed by atoms with Crippen LogP contribution in [0.25, 0.3) is 0 Å². The van der Waals surface area contributed by atoms with Crippen LogP contribution in [0.2, 0.25) is 0 Å². The summed E-state index contributed by atoms with van der Waals surface area (Å²) < 4.78 is 33.3. The monoisotopic (exact) mass is 397 g/mol. The normalized spacial score (nSPS) is 23.1. The molecule has 1 saturated heterocycles. The van der Waals surface area contributed by atoms with Gasteiger partial charge in [-0.15, -0.1) is 0 Å². The average Bonchev–Trinajstić information content (AvgIpc) is 3.22. The number of amides is 1. The van der Waals surface area contributed by atoms with E-state index in [1.165, 1.54) is 16.3 Å². The molecule has 4 rings (SSSR count). The molecule has 2 aliphatic rings. The molecule has 2 heterocycles. The van der Waals surface area contributed by atoms with Crippen LogP contribution in [0.4, 0.5) is 10.5 Å². The van der Waals surface area contributed by atoms with E-state index in [1.807, 2.05) is 19.1 Å². The Balaban J connectivity index is 1.90. The van der Waals surface area contributed by atoms with E-state index in [9.17, 15) is 18.5 Å². The van der Waals surface area contributed by atoms with Crippen molar-refractivity contribution in [2.24, 2.45) is 0 Å². The number of anilines is 1. The van der Waals surface area contributed by atoms with Gasteiger partial charge in [0, 0.05) is 5.92 Å². The standard InChI is InChI=1S/C20H19N3O4S/c1-13-7-9-15(10-8-13)28(25,26)23-18-6-4-3-5-16(18)17-11-14(12-21)22(19(17)23)20(24)27-2/h3-10,14,17,19H,11H2,1-2H3/t14-,17+,19-/m0/s1. The van der Waals surface area contributed by atoms with Gasteiger partial charge in [-0.25, -0.2) is 17.5 Å². The second kappa shape index (κ2) is 6.53. The number of likely N-dealkylation sites (tertiary alicyclic amines) is 1. The zero-order chi connectivity index (χ0) is 20.1. The SMILES string of the molecule is COC(=O)N1[C@H](C#N)C[C@@H]2c3ccccc3N(S(=O)(=O)c3ccc(C)cc3)[C@@H]21. The quantitative estimate of drug-likeness (QED) is 0.777. The molecule has 0 aromatic heterocycles. The summed E-state index contributed by atoms with van der Waals surface area (Å²) in [7, 11) is -2.73. The smallest absolute Gasteiger partial charge is 0.412 e. The summed E-state index contributed by atoms with van der Waals surface area (Å²) in [5.41, 5.74) is 2.29. The van der Waals surface area contributed by atoms with Crippen molar-refractivity contribution in [3.05, 3.63) is 59.7 Å². The lowest BCUT2D eigenvalue weighted by atomic mass is 9.97. The van der Waals surface area contributed by atoms with Gasteiger partial charge in [-0.3, -0.25) is 4.90 Å². The van der Waals surface area contributed by atoms with Crippen LogP contribution in [0, 0.1) is 18.3 Å². The maximum absolute atomic E-state index is 13.6. The van der Waals surface area contributed by atoms with Crippen LogP contribution in [0.15, 0.2) is 53.4 Å². The van der Waals surface area contributed by atoms with Gasteiger partial charge < -0.3 is 4.74 Å². The van der Waals surface area contributed by atoms with Gasteiger partial charge in [0.25, 0.3) is 10.0 Å². The van der Waals surface area contributed by atoms with Gasteiger partial charge in [-0.1, -0.05) is 35.9 Å². The third-order valence-corrected chi connectivity index (χ3v) is 7.18. The number of carbonyl (C=O) groups is 1. The molecule has 2 aliphatic heterocycles. The van der Waals surface area contributed by atoms with E-state index in [4.69, 9.17) is 4.74 Å². The van der Waals surface area contributed by atoms with Gasteiger partial charge in [0.2, 0.25) is 0 Å². The van der Waals surface area contributed by atoms with E-state index in [-0.39, 0.29) is 10.8 Å². The summed E-state index contributed by atoms with van der Waals surface area (Å²) in [6.45, 7) is 1.88. The van der Waals surface area contributed by atoms with E-state index in [1.54, 1.807) is 36.4 Å². The largest absolute Gasteiger partial charge is 0.453 e. The van der Waals surface area contributed by atoms with Crippen molar-refractivity contribution < 1.29 is 17.9 Å². The summed E-state index contributed by atoms with van der Waals surface area (Å²) in [6, 6.07) is 15.1. The molecule has 28 heavy (non-hydrogen) atoms. The summed E-state index contributed by atoms with van der Waals surface area (Å²) in [4.78, 5) is 13.8. The zero-order valence-corrected chi connectivity index (χ0v) is 16.3. The minimum Gasteiger partial charge on any atom is -0.453 e. The molecule has 1 amide bonds. The molecule has 0 unspecified atom stereocenters. The Kier molecular flexibility index (Phi) is 4.27. The fourth-order valence-electron chi connectivity index (χ4n) is 4.11. The van der Waals surface area contributed by atoms with Crippen LogP contribution in [0.1, 0.15) is 23.5 Å². The summed E-state index contributed by atoms with van der Waals surface area (Å²) in [5.74, 6) is -0.292. The van der Waals surface area contributed by atoms with Gasteiger partial charge in [-0.2, -0.15) is 5.26 Å². The lowest BCUT2D eigenvalue weighted by Gasteiger charge is -2.33. The minimum atomic E-state index is -3.95. The first-order valence-corrected chi connectivity index (χ1v) is 10.3. The third-order valence-electron chi connectivity index (χ3n) is 5.38. The molecule has 0 saturated carbocycles. The van der Waals surface area contributed by atoms with Crippen LogP contribution in [-0.2, 0) is 14.8 Å². The van der Waals surface area contributed by atoms with Crippen molar-refractivity contribution >= 4 is 21.8 Å². The Morgan fingerprint density at radius 1 is 1.18 bits per heavy atom. The fraction of sp³-hybridized carbons (Fsp3) is 0.300. The number of benzene rings is 2. The summed E-state index contributed by atoms with van der Waals surface area (Å²) >= 11 is 0. The van der Waals surface area contributed by atoms with E-state index in [0.717, 1.165) is 11.1 Å². The van der Waals surface area contributed by atoms with Crippen molar-refractivity contribution in [2.45, 2.75) is 36.4 Å². The lowest BCUT2D eigenvalue weighted by Crippen LogP contribution is -2.51. The molecule has 0 spiro atoms. The number of hydrogen-bond acceptors (Lipinski definition) is 5. The Morgan fingerprint density at radius 2 is 1.86 bits per heavy atom. The van der Waals surface area contributed by atoms with Crippen LogP contribution < -0.4 is 4.31 Å². The Labute approximate surface area is 163 Å². The predicted octanol–water partition coefficient (Wildman–Crippen LogP) is 2.98. The number of nitriles is 1. The van der Waals surface area contributed by atoms with E-state index in [0.29, 0.717) is 12.1 Å². The van der Waals surface area contributed by atoms with Crippen molar-refractivity contribution in [3.63, 3.8) is 0 Å². The number of sulfonamides is 1. The number of fused-ring (bicyclic) bond motifs is 3. The highest BCUT2D eigenvalue weighted by molar-refractivity contribution is 7.92. The van der Waals surface area contributed by atoms with Crippen molar-refractivity contribution in [2.75, 3.05) is 11.4 Å².